The fourth-order valence-electron chi connectivity index (χ4n) is 1.96. The maximum atomic E-state index is 4.98. The average Bonchev–Trinajstić information content (AvgIpc) is 2.48. The van der Waals surface area contributed by atoms with Gasteiger partial charge in [0, 0.05) is 19.3 Å². The lowest BCUT2D eigenvalue weighted by molar-refractivity contribution is 0.210. The molecule has 6 nitrogen and oxygen atoms in total. The number of hydrogen-bond acceptors (Lipinski definition) is 6. The third kappa shape index (κ3) is 4.39. The molecular formula is C15H21N5O. The molecule has 0 aliphatic heterocycles. The Hall–Kier alpha value is -2.21. The van der Waals surface area contributed by atoms with Crippen molar-refractivity contribution >= 4 is 17.5 Å². The van der Waals surface area contributed by atoms with Crippen LogP contribution < -0.4 is 10.6 Å². The van der Waals surface area contributed by atoms with Gasteiger partial charge in [0.2, 0.25) is 5.95 Å². The van der Waals surface area contributed by atoms with Gasteiger partial charge < -0.3 is 15.4 Å². The number of hydrogen-bond donors (Lipinski definition) is 2. The summed E-state index contributed by atoms with van der Waals surface area (Å²) in [6.45, 7) is 5.56. The monoisotopic (exact) mass is 287 g/mol. The molecule has 1 aromatic heterocycles. The molecule has 0 bridgehead atoms. The highest BCUT2D eigenvalue weighted by Gasteiger charge is 2.07. The van der Waals surface area contributed by atoms with E-state index in [4.69, 9.17) is 4.74 Å². The highest BCUT2D eigenvalue weighted by Crippen LogP contribution is 2.25. The predicted molar refractivity (Wildman–Crippen MR) is 84.0 cm³/mol. The summed E-state index contributed by atoms with van der Waals surface area (Å²) in [5.41, 5.74) is 2.28. The van der Waals surface area contributed by atoms with Gasteiger partial charge in [-0.15, -0.1) is 5.10 Å². The van der Waals surface area contributed by atoms with E-state index in [9.17, 15) is 0 Å². The zero-order chi connectivity index (χ0) is 15.1. The summed E-state index contributed by atoms with van der Waals surface area (Å²) in [5.74, 6) is 1.58. The number of ether oxygens (including phenoxy) is 1. The first kappa shape index (κ1) is 15.2. The van der Waals surface area contributed by atoms with Gasteiger partial charge in [-0.2, -0.15) is 10.1 Å². The van der Waals surface area contributed by atoms with Crippen LogP contribution in [0.2, 0.25) is 0 Å². The maximum absolute atomic E-state index is 4.98. The van der Waals surface area contributed by atoms with Crippen LogP contribution in [0, 0.1) is 0 Å². The SMILES string of the molecule is COCCNc1nncc(Nc2ccccc2C(C)C)n1. The fourth-order valence-corrected chi connectivity index (χ4v) is 1.96. The number of methoxy groups -OCH3 is 1. The van der Waals surface area contributed by atoms with Crippen molar-refractivity contribution in [1.29, 1.82) is 0 Å². The molecule has 0 fully saturated rings. The summed E-state index contributed by atoms with van der Waals surface area (Å²) >= 11 is 0. The van der Waals surface area contributed by atoms with Gasteiger partial charge in [0.1, 0.15) is 0 Å². The molecule has 6 heteroatoms. The van der Waals surface area contributed by atoms with Gasteiger partial charge in [-0.1, -0.05) is 32.0 Å². The molecule has 0 aliphatic carbocycles. The second-order valence-electron chi connectivity index (χ2n) is 4.95. The second kappa shape index (κ2) is 7.54. The molecule has 0 saturated carbocycles. The van der Waals surface area contributed by atoms with Gasteiger partial charge >= 0.3 is 0 Å². The van der Waals surface area contributed by atoms with E-state index in [0.29, 0.717) is 30.8 Å². The van der Waals surface area contributed by atoms with Gasteiger partial charge in [-0.05, 0) is 17.5 Å². The summed E-state index contributed by atoms with van der Waals surface area (Å²) in [7, 11) is 1.65. The van der Waals surface area contributed by atoms with Crippen LogP contribution in [0.15, 0.2) is 30.5 Å². The molecule has 1 heterocycles. The molecule has 0 atom stereocenters. The van der Waals surface area contributed by atoms with Crippen molar-refractivity contribution < 1.29 is 4.74 Å². The lowest BCUT2D eigenvalue weighted by Crippen LogP contribution is -2.11. The number of nitrogens with zero attached hydrogens (tertiary/aromatic N) is 3. The largest absolute Gasteiger partial charge is 0.383 e. The van der Waals surface area contributed by atoms with E-state index < -0.39 is 0 Å². The minimum atomic E-state index is 0.433. The van der Waals surface area contributed by atoms with Gasteiger partial charge in [-0.3, -0.25) is 0 Å². The Morgan fingerprint density at radius 2 is 2.05 bits per heavy atom. The van der Waals surface area contributed by atoms with Crippen molar-refractivity contribution in [1.82, 2.24) is 15.2 Å². The second-order valence-corrected chi connectivity index (χ2v) is 4.95. The number of nitrogens with one attached hydrogen (secondary N) is 2. The van der Waals surface area contributed by atoms with Crippen molar-refractivity contribution in [2.24, 2.45) is 0 Å². The minimum absolute atomic E-state index is 0.433. The van der Waals surface area contributed by atoms with Crippen molar-refractivity contribution in [2.75, 3.05) is 30.9 Å². The summed E-state index contributed by atoms with van der Waals surface area (Å²) < 4.78 is 4.98. The predicted octanol–water partition coefficient (Wildman–Crippen LogP) is 2.80. The quantitative estimate of drug-likeness (QED) is 0.763. The fraction of sp³-hybridized carbons (Fsp3) is 0.400. The normalized spacial score (nSPS) is 10.7. The molecule has 0 radical (unpaired) electrons. The number of aromatic nitrogens is 3. The first-order valence-corrected chi connectivity index (χ1v) is 6.99. The minimum Gasteiger partial charge on any atom is -0.383 e. The van der Waals surface area contributed by atoms with Gasteiger partial charge in [0.15, 0.2) is 5.82 Å². The number of benzene rings is 1. The van der Waals surface area contributed by atoms with Crippen molar-refractivity contribution in [3.8, 4) is 0 Å². The van der Waals surface area contributed by atoms with Crippen LogP contribution in [-0.2, 0) is 4.74 Å². The molecular weight excluding hydrogens is 266 g/mol. The zero-order valence-electron chi connectivity index (χ0n) is 12.6. The van der Waals surface area contributed by atoms with E-state index >= 15 is 0 Å². The van der Waals surface area contributed by atoms with E-state index in [2.05, 4.69) is 45.7 Å². The zero-order valence-corrected chi connectivity index (χ0v) is 12.6. The first-order valence-electron chi connectivity index (χ1n) is 6.99. The van der Waals surface area contributed by atoms with Crippen LogP contribution in [0.4, 0.5) is 17.5 Å². The summed E-state index contributed by atoms with van der Waals surface area (Å²) in [6.07, 6.45) is 1.61. The topological polar surface area (TPSA) is 72.0 Å². The summed E-state index contributed by atoms with van der Waals surface area (Å²) in [5, 5.41) is 14.3. The van der Waals surface area contributed by atoms with Crippen LogP contribution in [0.5, 0.6) is 0 Å². The Morgan fingerprint density at radius 3 is 2.81 bits per heavy atom. The molecule has 0 spiro atoms. The van der Waals surface area contributed by atoms with Gasteiger partial charge in [0.25, 0.3) is 0 Å². The summed E-state index contributed by atoms with van der Waals surface area (Å²) in [6, 6.07) is 8.19. The third-order valence-electron chi connectivity index (χ3n) is 2.99. The molecule has 112 valence electrons. The highest BCUT2D eigenvalue weighted by molar-refractivity contribution is 5.61. The Balaban J connectivity index is 2.11. The Morgan fingerprint density at radius 1 is 1.24 bits per heavy atom. The van der Waals surface area contributed by atoms with Crippen LogP contribution in [-0.4, -0.2) is 35.4 Å². The van der Waals surface area contributed by atoms with Gasteiger partial charge in [0.05, 0.1) is 12.8 Å². The van der Waals surface area contributed by atoms with Crippen molar-refractivity contribution in [2.45, 2.75) is 19.8 Å². The standard InChI is InChI=1S/C15H21N5O/c1-11(2)12-6-4-5-7-13(12)18-14-10-17-20-15(19-14)16-8-9-21-3/h4-7,10-11H,8-9H2,1-3H3,(H2,16,18,19,20). The van der Waals surface area contributed by atoms with E-state index in [1.165, 1.54) is 5.56 Å². The Kier molecular flexibility index (Phi) is 5.45. The average molecular weight is 287 g/mol. The molecule has 21 heavy (non-hydrogen) atoms. The summed E-state index contributed by atoms with van der Waals surface area (Å²) in [4.78, 5) is 4.39. The first-order chi connectivity index (χ1) is 10.2. The van der Waals surface area contributed by atoms with Crippen LogP contribution in [0.3, 0.4) is 0 Å². The van der Waals surface area contributed by atoms with Crippen LogP contribution >= 0.6 is 0 Å². The van der Waals surface area contributed by atoms with E-state index in [-0.39, 0.29) is 0 Å². The lowest BCUT2D eigenvalue weighted by atomic mass is 10.0. The Labute approximate surface area is 125 Å². The third-order valence-corrected chi connectivity index (χ3v) is 2.99. The Bertz CT molecular complexity index is 573. The maximum Gasteiger partial charge on any atom is 0.244 e. The van der Waals surface area contributed by atoms with Crippen molar-refractivity contribution in [3.63, 3.8) is 0 Å². The number of para-hydroxylation sites is 1. The lowest BCUT2D eigenvalue weighted by Gasteiger charge is -2.14. The molecule has 0 aliphatic rings. The van der Waals surface area contributed by atoms with E-state index in [1.54, 1.807) is 13.3 Å². The van der Waals surface area contributed by atoms with Crippen molar-refractivity contribution in [3.05, 3.63) is 36.0 Å². The number of rotatable bonds is 7. The number of anilines is 3. The molecule has 2 rings (SSSR count). The van der Waals surface area contributed by atoms with Crippen LogP contribution in [0.1, 0.15) is 25.3 Å². The molecule has 1 aromatic carbocycles. The van der Waals surface area contributed by atoms with E-state index in [1.807, 2.05) is 18.2 Å². The molecule has 2 N–H and O–H groups in total. The highest BCUT2D eigenvalue weighted by atomic mass is 16.5. The van der Waals surface area contributed by atoms with E-state index in [0.717, 1.165) is 5.69 Å². The molecule has 0 saturated heterocycles. The van der Waals surface area contributed by atoms with Crippen LogP contribution in [0.25, 0.3) is 0 Å². The molecule has 0 unspecified atom stereocenters. The molecule has 0 amide bonds. The smallest absolute Gasteiger partial charge is 0.244 e. The molecule has 2 aromatic rings. The van der Waals surface area contributed by atoms with Gasteiger partial charge in [-0.25, -0.2) is 0 Å².